The van der Waals surface area contributed by atoms with Gasteiger partial charge in [-0.2, -0.15) is 0 Å². The van der Waals surface area contributed by atoms with Crippen molar-refractivity contribution in [2.45, 2.75) is 11.3 Å². The van der Waals surface area contributed by atoms with Crippen LogP contribution in [0.3, 0.4) is 0 Å². The molecular formula is C25H25ClN2O4S. The summed E-state index contributed by atoms with van der Waals surface area (Å²) < 4.78 is 33.2. The Bertz CT molecular complexity index is 1210. The predicted octanol–water partition coefficient (Wildman–Crippen LogP) is 4.70. The highest BCUT2D eigenvalue weighted by atomic mass is 35.5. The van der Waals surface area contributed by atoms with E-state index in [4.69, 9.17) is 16.3 Å². The number of sulfonamides is 1. The number of para-hydroxylation sites is 1. The number of hydrogen-bond donors (Lipinski definition) is 1. The van der Waals surface area contributed by atoms with Crippen LogP contribution in [0.2, 0.25) is 5.02 Å². The molecule has 0 aliphatic heterocycles. The molecule has 0 aliphatic carbocycles. The van der Waals surface area contributed by atoms with Crippen LogP contribution in [0.5, 0.6) is 5.75 Å². The highest BCUT2D eigenvalue weighted by Crippen LogP contribution is 2.29. The summed E-state index contributed by atoms with van der Waals surface area (Å²) in [5.74, 6) is 0.380. The third-order valence-electron chi connectivity index (χ3n) is 4.96. The standard InChI is InChI=1S/C25H25ClN2O4S/c1-3-17-28(21-7-5-4-6-8-21)33(30,31)24-18-20(11-14-23(24)26)25(29)27-16-15-19-9-12-22(32-2)13-10-19/h3-14,18H,1,15-17H2,2H3,(H,27,29). The third-order valence-corrected chi connectivity index (χ3v) is 7.23. The van der Waals surface area contributed by atoms with Crippen molar-refractivity contribution in [3.63, 3.8) is 0 Å². The highest BCUT2D eigenvalue weighted by Gasteiger charge is 2.27. The number of rotatable bonds is 10. The van der Waals surface area contributed by atoms with Crippen molar-refractivity contribution in [2.75, 3.05) is 24.5 Å². The second kappa shape index (κ2) is 11.0. The summed E-state index contributed by atoms with van der Waals surface area (Å²) in [4.78, 5) is 12.6. The first-order valence-electron chi connectivity index (χ1n) is 10.3. The molecule has 0 aromatic heterocycles. The summed E-state index contributed by atoms with van der Waals surface area (Å²) >= 11 is 6.25. The van der Waals surface area contributed by atoms with Crippen LogP contribution < -0.4 is 14.4 Å². The zero-order chi connectivity index (χ0) is 23.8. The van der Waals surface area contributed by atoms with Crippen molar-refractivity contribution in [3.05, 3.63) is 102 Å². The van der Waals surface area contributed by atoms with E-state index in [1.165, 1.54) is 28.6 Å². The average Bonchev–Trinajstić information content (AvgIpc) is 2.83. The Morgan fingerprint density at radius 3 is 2.42 bits per heavy atom. The maximum atomic E-state index is 13.4. The van der Waals surface area contributed by atoms with Gasteiger partial charge >= 0.3 is 0 Å². The molecule has 0 unspecified atom stereocenters. The molecule has 0 atom stereocenters. The van der Waals surface area contributed by atoms with Crippen molar-refractivity contribution >= 4 is 33.2 Å². The number of benzene rings is 3. The lowest BCUT2D eigenvalue weighted by Gasteiger charge is -2.24. The van der Waals surface area contributed by atoms with E-state index in [1.807, 2.05) is 24.3 Å². The molecule has 0 spiro atoms. The molecule has 0 bridgehead atoms. The van der Waals surface area contributed by atoms with E-state index in [1.54, 1.807) is 37.4 Å². The number of methoxy groups -OCH3 is 1. The molecular weight excluding hydrogens is 460 g/mol. The average molecular weight is 485 g/mol. The maximum Gasteiger partial charge on any atom is 0.266 e. The Hall–Kier alpha value is -3.29. The first-order valence-corrected chi connectivity index (χ1v) is 12.1. The molecule has 0 saturated carbocycles. The number of anilines is 1. The van der Waals surface area contributed by atoms with Gasteiger partial charge in [0.25, 0.3) is 15.9 Å². The van der Waals surface area contributed by atoms with E-state index in [9.17, 15) is 13.2 Å². The van der Waals surface area contributed by atoms with E-state index in [2.05, 4.69) is 11.9 Å². The van der Waals surface area contributed by atoms with Crippen LogP contribution in [0.1, 0.15) is 15.9 Å². The Morgan fingerprint density at radius 1 is 1.09 bits per heavy atom. The van der Waals surface area contributed by atoms with Crippen LogP contribution in [0.4, 0.5) is 5.69 Å². The Balaban J connectivity index is 1.78. The molecule has 3 aromatic carbocycles. The number of hydrogen-bond acceptors (Lipinski definition) is 4. The molecule has 0 heterocycles. The number of carbonyl (C=O) groups is 1. The highest BCUT2D eigenvalue weighted by molar-refractivity contribution is 7.93. The normalized spacial score (nSPS) is 11.0. The topological polar surface area (TPSA) is 75.7 Å². The number of nitrogens with one attached hydrogen (secondary N) is 1. The zero-order valence-electron chi connectivity index (χ0n) is 18.2. The van der Waals surface area contributed by atoms with Crippen LogP contribution in [0, 0.1) is 0 Å². The van der Waals surface area contributed by atoms with Crippen LogP contribution in [0.15, 0.2) is 90.3 Å². The first kappa shape index (κ1) is 24.4. The van der Waals surface area contributed by atoms with E-state index in [0.29, 0.717) is 18.7 Å². The molecule has 0 saturated heterocycles. The fourth-order valence-electron chi connectivity index (χ4n) is 3.23. The molecule has 172 valence electrons. The molecule has 1 amide bonds. The van der Waals surface area contributed by atoms with Gasteiger partial charge in [-0.25, -0.2) is 8.42 Å². The minimum absolute atomic E-state index is 0.0368. The number of carbonyl (C=O) groups excluding carboxylic acids is 1. The van der Waals surface area contributed by atoms with E-state index >= 15 is 0 Å². The molecule has 3 aromatic rings. The molecule has 33 heavy (non-hydrogen) atoms. The molecule has 0 aliphatic rings. The summed E-state index contributed by atoms with van der Waals surface area (Å²) in [6.07, 6.45) is 2.11. The van der Waals surface area contributed by atoms with Gasteiger partial charge in [0, 0.05) is 12.1 Å². The maximum absolute atomic E-state index is 13.4. The van der Waals surface area contributed by atoms with Crippen LogP contribution >= 0.6 is 11.6 Å². The minimum Gasteiger partial charge on any atom is -0.497 e. The Kier molecular flexibility index (Phi) is 8.14. The summed E-state index contributed by atoms with van der Waals surface area (Å²) in [6.45, 7) is 4.11. The lowest BCUT2D eigenvalue weighted by Crippen LogP contribution is -2.32. The molecule has 0 fully saturated rings. The summed E-state index contributed by atoms with van der Waals surface area (Å²) in [5, 5.41) is 2.86. The molecule has 1 N–H and O–H groups in total. The van der Waals surface area contributed by atoms with Gasteiger partial charge in [0.2, 0.25) is 0 Å². The lowest BCUT2D eigenvalue weighted by molar-refractivity contribution is 0.0954. The van der Waals surface area contributed by atoms with E-state index in [-0.39, 0.29) is 27.9 Å². The van der Waals surface area contributed by atoms with Crippen molar-refractivity contribution in [1.29, 1.82) is 0 Å². The van der Waals surface area contributed by atoms with Crippen molar-refractivity contribution in [1.82, 2.24) is 5.32 Å². The van der Waals surface area contributed by atoms with Gasteiger partial charge in [0.15, 0.2) is 0 Å². The SMILES string of the molecule is C=CCN(c1ccccc1)S(=O)(=O)c1cc(C(=O)NCCc2ccc(OC)cc2)ccc1Cl. The second-order valence-corrected chi connectivity index (χ2v) is 9.40. The molecule has 6 nitrogen and oxygen atoms in total. The zero-order valence-corrected chi connectivity index (χ0v) is 19.8. The van der Waals surface area contributed by atoms with Crippen molar-refractivity contribution in [2.24, 2.45) is 0 Å². The van der Waals surface area contributed by atoms with Gasteiger partial charge in [0.05, 0.1) is 24.4 Å². The van der Waals surface area contributed by atoms with Crippen LogP contribution in [0.25, 0.3) is 0 Å². The van der Waals surface area contributed by atoms with Gasteiger partial charge in [0.1, 0.15) is 10.6 Å². The molecule has 3 rings (SSSR count). The summed E-state index contributed by atoms with van der Waals surface area (Å²) in [6, 6.07) is 20.5. The molecule has 0 radical (unpaired) electrons. The number of ether oxygens (including phenoxy) is 1. The third kappa shape index (κ3) is 5.94. The Labute approximate surface area is 199 Å². The van der Waals surface area contributed by atoms with Gasteiger partial charge < -0.3 is 10.1 Å². The van der Waals surface area contributed by atoms with Gasteiger partial charge in [-0.05, 0) is 54.4 Å². The number of amides is 1. The van der Waals surface area contributed by atoms with Gasteiger partial charge in [-0.3, -0.25) is 9.10 Å². The fourth-order valence-corrected chi connectivity index (χ4v) is 5.17. The number of nitrogens with zero attached hydrogens (tertiary/aromatic N) is 1. The largest absolute Gasteiger partial charge is 0.497 e. The Morgan fingerprint density at radius 2 is 1.79 bits per heavy atom. The van der Waals surface area contributed by atoms with E-state index in [0.717, 1.165) is 11.3 Å². The monoisotopic (exact) mass is 484 g/mol. The minimum atomic E-state index is -4.03. The molecule has 8 heteroatoms. The first-order chi connectivity index (χ1) is 15.9. The number of halogens is 1. The second-order valence-electron chi connectivity index (χ2n) is 7.16. The van der Waals surface area contributed by atoms with E-state index < -0.39 is 10.0 Å². The van der Waals surface area contributed by atoms with Crippen molar-refractivity contribution in [3.8, 4) is 5.75 Å². The predicted molar refractivity (Wildman–Crippen MR) is 132 cm³/mol. The van der Waals surface area contributed by atoms with Gasteiger partial charge in [-0.1, -0.05) is 48.0 Å². The summed E-state index contributed by atoms with van der Waals surface area (Å²) in [5.41, 5.74) is 1.72. The smallest absolute Gasteiger partial charge is 0.266 e. The summed E-state index contributed by atoms with van der Waals surface area (Å²) in [7, 11) is -2.43. The fraction of sp³-hybridized carbons (Fsp3) is 0.160. The van der Waals surface area contributed by atoms with Crippen LogP contribution in [-0.4, -0.2) is 34.5 Å². The quantitative estimate of drug-likeness (QED) is 0.423. The lowest BCUT2D eigenvalue weighted by atomic mass is 10.1. The van der Waals surface area contributed by atoms with Crippen LogP contribution in [-0.2, 0) is 16.4 Å². The van der Waals surface area contributed by atoms with Gasteiger partial charge in [-0.15, -0.1) is 6.58 Å². The van der Waals surface area contributed by atoms with Crippen molar-refractivity contribution < 1.29 is 17.9 Å².